The van der Waals surface area contributed by atoms with Crippen molar-refractivity contribution in [2.45, 2.75) is 76.9 Å². The number of allylic oxidation sites excluding steroid dienone is 7. The SMILES string of the molecule is CO[C@@H](C[C@@H](C)[C@@H](O)/C=C/C=C/CNC(=O)C(C)(C)[C@H](O)/C(C)=C/C=C/C=C/Cc1cnco1)[C@]1(O)[C@@H](C)C(=O)N(C)[C@]1(CO)C(=O)O. The quantitative estimate of drug-likeness (QED) is 0.124. The maximum atomic E-state index is 12.9. The standard InChI is InChI=1S/C35H51N3O10/c1-23(15-11-8-9-12-16-26-20-36-22-48-26)29(41)33(4,5)31(43)37-18-14-10-13-17-27(40)24(2)19-28(47-7)35(46)25(3)30(42)38(6)34(35,21-39)32(44)45/h8-15,17,20,22,24-25,27-29,39-41,46H,16,18-19,21H2,1-7H3,(H,37,43)(H,44,45)/b11-8+,12-9+,14-10+,17-13+,23-15+/t24-,25+,27+,28+,29-,34-,35-/m1/s1. The Labute approximate surface area is 282 Å². The second-order valence-electron chi connectivity index (χ2n) is 12.7. The predicted octanol–water partition coefficient (Wildman–Crippen LogP) is 1.95. The number of carbonyl (C=O) groups is 3. The molecule has 48 heavy (non-hydrogen) atoms. The fourth-order valence-electron chi connectivity index (χ4n) is 5.94. The molecule has 0 aromatic carbocycles. The molecule has 1 aliphatic heterocycles. The van der Waals surface area contributed by atoms with Crippen molar-refractivity contribution in [2.75, 3.05) is 27.3 Å². The lowest BCUT2D eigenvalue weighted by Gasteiger charge is -2.46. The fourth-order valence-corrected chi connectivity index (χ4v) is 5.94. The first-order valence-corrected chi connectivity index (χ1v) is 15.8. The number of methoxy groups -OCH3 is 1. The van der Waals surface area contributed by atoms with Gasteiger partial charge in [-0.2, -0.15) is 0 Å². The number of carboxylic acids is 1. The monoisotopic (exact) mass is 673 g/mol. The zero-order valence-electron chi connectivity index (χ0n) is 28.7. The normalized spacial score (nSPS) is 25.1. The Morgan fingerprint density at radius 3 is 2.44 bits per heavy atom. The third kappa shape index (κ3) is 8.58. The number of aliphatic carboxylic acids is 1. The van der Waals surface area contributed by atoms with Crippen molar-refractivity contribution in [1.82, 2.24) is 15.2 Å². The molecule has 1 aromatic rings. The van der Waals surface area contributed by atoms with Crippen LogP contribution in [0, 0.1) is 17.3 Å². The number of rotatable bonds is 18. The Kier molecular flexibility index (Phi) is 14.7. The van der Waals surface area contributed by atoms with E-state index in [1.54, 1.807) is 64.3 Å². The predicted molar refractivity (Wildman–Crippen MR) is 178 cm³/mol. The minimum atomic E-state index is -2.33. The van der Waals surface area contributed by atoms with E-state index in [2.05, 4.69) is 10.3 Å². The molecular weight excluding hydrogens is 622 g/mol. The lowest BCUT2D eigenvalue weighted by atomic mass is 9.70. The van der Waals surface area contributed by atoms with Gasteiger partial charge in [-0.3, -0.25) is 9.59 Å². The number of likely N-dealkylation sites (N-methyl/N-ethyl adjacent to an activating group) is 1. The van der Waals surface area contributed by atoms with Crippen LogP contribution in [0.3, 0.4) is 0 Å². The number of amides is 2. The number of aromatic nitrogens is 1. The molecule has 0 radical (unpaired) electrons. The molecule has 0 bridgehead atoms. The molecule has 2 amide bonds. The second kappa shape index (κ2) is 17.5. The van der Waals surface area contributed by atoms with E-state index in [0.717, 1.165) is 10.7 Å². The van der Waals surface area contributed by atoms with Crippen LogP contribution in [0.5, 0.6) is 0 Å². The van der Waals surface area contributed by atoms with Gasteiger partial charge in [0, 0.05) is 27.1 Å². The van der Waals surface area contributed by atoms with Gasteiger partial charge in [0.1, 0.15) is 11.4 Å². The van der Waals surface area contributed by atoms with Crippen LogP contribution in [-0.2, 0) is 25.5 Å². The largest absolute Gasteiger partial charge is 0.479 e. The van der Waals surface area contributed by atoms with Gasteiger partial charge in [-0.25, -0.2) is 9.78 Å². The van der Waals surface area contributed by atoms with Crippen molar-refractivity contribution in [1.29, 1.82) is 0 Å². The molecule has 13 heteroatoms. The fraction of sp³-hybridized carbons (Fsp3) is 0.543. The number of hydrogen-bond donors (Lipinski definition) is 6. The van der Waals surface area contributed by atoms with Crippen LogP contribution in [-0.4, -0.2) is 110 Å². The number of ether oxygens (including phenoxy) is 1. The Hall–Kier alpha value is -3.88. The second-order valence-corrected chi connectivity index (χ2v) is 12.7. The van der Waals surface area contributed by atoms with Gasteiger partial charge in [0.25, 0.3) is 0 Å². The Morgan fingerprint density at radius 1 is 1.19 bits per heavy atom. The highest BCUT2D eigenvalue weighted by Gasteiger charge is 2.72. The molecule has 0 unspecified atom stereocenters. The molecule has 1 aliphatic rings. The molecule has 0 aliphatic carbocycles. The Morgan fingerprint density at radius 2 is 1.85 bits per heavy atom. The summed E-state index contributed by atoms with van der Waals surface area (Å²) in [6.07, 6.45) is 15.8. The summed E-state index contributed by atoms with van der Waals surface area (Å²) in [5, 5.41) is 56.2. The minimum Gasteiger partial charge on any atom is -0.479 e. The lowest BCUT2D eigenvalue weighted by molar-refractivity contribution is -0.198. The van der Waals surface area contributed by atoms with Crippen molar-refractivity contribution in [3.63, 3.8) is 0 Å². The molecule has 13 nitrogen and oxygen atoms in total. The van der Waals surface area contributed by atoms with Crippen molar-refractivity contribution < 1.29 is 49.1 Å². The van der Waals surface area contributed by atoms with Crippen LogP contribution in [0.1, 0.15) is 46.8 Å². The van der Waals surface area contributed by atoms with Crippen molar-refractivity contribution in [2.24, 2.45) is 17.3 Å². The zero-order chi connectivity index (χ0) is 36.3. The third-order valence-corrected chi connectivity index (χ3v) is 9.28. The summed E-state index contributed by atoms with van der Waals surface area (Å²) in [6.45, 7) is 7.25. The Balaban J connectivity index is 1.92. The van der Waals surface area contributed by atoms with Crippen molar-refractivity contribution in [3.05, 3.63) is 78.6 Å². The van der Waals surface area contributed by atoms with Crippen LogP contribution in [0.4, 0.5) is 0 Å². The van der Waals surface area contributed by atoms with Crippen LogP contribution in [0.2, 0.25) is 0 Å². The summed E-state index contributed by atoms with van der Waals surface area (Å²) in [7, 11) is 2.49. The molecular formula is C35H51N3O10. The third-order valence-electron chi connectivity index (χ3n) is 9.28. The molecule has 1 fully saturated rings. The maximum Gasteiger partial charge on any atom is 0.335 e. The van der Waals surface area contributed by atoms with Crippen LogP contribution in [0.25, 0.3) is 0 Å². The van der Waals surface area contributed by atoms with E-state index in [-0.39, 0.29) is 18.9 Å². The molecule has 2 rings (SSSR count). The molecule has 0 saturated carbocycles. The van der Waals surface area contributed by atoms with E-state index < -0.39 is 65.2 Å². The highest BCUT2D eigenvalue weighted by molar-refractivity contribution is 5.95. The van der Waals surface area contributed by atoms with Gasteiger partial charge < -0.3 is 44.9 Å². The first kappa shape index (κ1) is 40.3. The van der Waals surface area contributed by atoms with E-state index in [9.17, 15) is 39.9 Å². The highest BCUT2D eigenvalue weighted by Crippen LogP contribution is 2.47. The van der Waals surface area contributed by atoms with E-state index in [0.29, 0.717) is 12.0 Å². The average Bonchev–Trinajstić information content (AvgIpc) is 3.63. The van der Waals surface area contributed by atoms with Crippen LogP contribution >= 0.6 is 0 Å². The zero-order valence-corrected chi connectivity index (χ0v) is 28.7. The van der Waals surface area contributed by atoms with Gasteiger partial charge in [0.2, 0.25) is 11.8 Å². The molecule has 2 heterocycles. The summed E-state index contributed by atoms with van der Waals surface area (Å²) in [6, 6.07) is 0. The molecule has 0 spiro atoms. The smallest absolute Gasteiger partial charge is 0.335 e. The van der Waals surface area contributed by atoms with Gasteiger partial charge in [-0.1, -0.05) is 68.5 Å². The number of carboxylic acid groups (broad SMARTS) is 1. The average molecular weight is 674 g/mol. The number of aliphatic hydroxyl groups is 4. The molecule has 7 atom stereocenters. The summed E-state index contributed by atoms with van der Waals surface area (Å²) < 4.78 is 10.7. The number of oxazole rings is 1. The van der Waals surface area contributed by atoms with E-state index in [1.165, 1.54) is 33.6 Å². The number of nitrogens with one attached hydrogen (secondary N) is 1. The summed E-state index contributed by atoms with van der Waals surface area (Å²) >= 11 is 0. The topological polar surface area (TPSA) is 203 Å². The van der Waals surface area contributed by atoms with Gasteiger partial charge >= 0.3 is 5.97 Å². The minimum absolute atomic E-state index is 0.0275. The van der Waals surface area contributed by atoms with E-state index in [4.69, 9.17) is 9.15 Å². The van der Waals surface area contributed by atoms with Gasteiger partial charge in [0.05, 0.1) is 42.4 Å². The van der Waals surface area contributed by atoms with Crippen molar-refractivity contribution >= 4 is 17.8 Å². The van der Waals surface area contributed by atoms with E-state index >= 15 is 0 Å². The lowest BCUT2D eigenvalue weighted by Crippen LogP contribution is -2.70. The molecule has 266 valence electrons. The van der Waals surface area contributed by atoms with Crippen molar-refractivity contribution in [3.8, 4) is 0 Å². The highest BCUT2D eigenvalue weighted by atomic mass is 16.5. The summed E-state index contributed by atoms with van der Waals surface area (Å²) in [4.78, 5) is 42.6. The number of carbonyl (C=O) groups excluding carboxylic acids is 2. The first-order valence-electron chi connectivity index (χ1n) is 15.8. The summed E-state index contributed by atoms with van der Waals surface area (Å²) in [5.74, 6) is -3.56. The van der Waals surface area contributed by atoms with Crippen LogP contribution in [0.15, 0.2) is 77.3 Å². The number of nitrogens with zero attached hydrogens (tertiary/aromatic N) is 2. The Bertz CT molecular complexity index is 1380. The van der Waals surface area contributed by atoms with Gasteiger partial charge in [-0.05, 0) is 38.7 Å². The maximum absolute atomic E-state index is 12.9. The first-order chi connectivity index (χ1) is 22.5. The number of aliphatic hydroxyl groups excluding tert-OH is 3. The number of hydrogen-bond acceptors (Lipinski definition) is 10. The molecule has 1 saturated heterocycles. The van der Waals surface area contributed by atoms with Crippen LogP contribution < -0.4 is 5.32 Å². The van der Waals surface area contributed by atoms with Gasteiger partial charge in [0.15, 0.2) is 11.9 Å². The molecule has 1 aromatic heterocycles. The summed E-state index contributed by atoms with van der Waals surface area (Å²) in [5.41, 5.74) is -5.11. The van der Waals surface area contributed by atoms with Gasteiger partial charge in [-0.15, -0.1) is 0 Å². The van der Waals surface area contributed by atoms with E-state index in [1.807, 2.05) is 18.2 Å². The number of likely N-dealkylation sites (tertiary alicyclic amines) is 1. The molecule has 6 N–H and O–H groups in total.